The van der Waals surface area contributed by atoms with E-state index in [9.17, 15) is 5.02 Å². The van der Waals surface area contributed by atoms with E-state index in [1.807, 2.05) is 5.48 Å². The number of hydrogen-bond acceptors (Lipinski definition) is 5. The summed E-state index contributed by atoms with van der Waals surface area (Å²) in [5, 5.41) is 18.5. The molecule has 0 aliphatic carbocycles. The second-order valence-electron chi connectivity index (χ2n) is 3.96. The van der Waals surface area contributed by atoms with Gasteiger partial charge in [0.1, 0.15) is 5.76 Å². The molecule has 1 rings (SSSR count). The minimum absolute atomic E-state index is 0.239. The maximum Gasteiger partial charge on any atom is 0.491 e. The number of rotatable bonds is 7. The lowest BCUT2D eigenvalue weighted by Gasteiger charge is -2.09. The van der Waals surface area contributed by atoms with Crippen molar-refractivity contribution >= 4 is 7.12 Å². The Hall–Kier alpha value is -1.52. The van der Waals surface area contributed by atoms with Crippen LogP contribution in [-0.2, 0) is 9.39 Å². The maximum absolute atomic E-state index is 9.84. The lowest BCUT2D eigenvalue weighted by molar-refractivity contribution is 0.107. The molecule has 0 aromatic carbocycles. The maximum atomic E-state index is 9.84. The summed E-state index contributed by atoms with van der Waals surface area (Å²) >= 11 is 0. The molecule has 1 aliphatic heterocycles. The highest BCUT2D eigenvalue weighted by Crippen LogP contribution is 2.25. The van der Waals surface area contributed by atoms with Crippen LogP contribution in [0.1, 0.15) is 12.8 Å². The summed E-state index contributed by atoms with van der Waals surface area (Å²) in [6.07, 6.45) is 10.9. The predicted molar refractivity (Wildman–Crippen MR) is 73.0 cm³/mol. The number of allylic oxidation sites excluding steroid dienone is 3. The van der Waals surface area contributed by atoms with Gasteiger partial charge in [0, 0.05) is 18.4 Å². The van der Waals surface area contributed by atoms with Crippen molar-refractivity contribution in [3.63, 3.8) is 0 Å². The molecule has 0 amide bonds. The molecule has 0 bridgehead atoms. The Bertz CT molecular complexity index is 400. The van der Waals surface area contributed by atoms with Crippen LogP contribution in [0.15, 0.2) is 36.0 Å². The molecule has 0 spiro atoms. The van der Waals surface area contributed by atoms with Crippen LogP contribution in [0.25, 0.3) is 0 Å². The van der Waals surface area contributed by atoms with Gasteiger partial charge in [-0.1, -0.05) is 18.7 Å². The van der Waals surface area contributed by atoms with Crippen molar-refractivity contribution in [3.05, 3.63) is 36.0 Å². The molecule has 1 aliphatic rings. The second kappa shape index (κ2) is 8.56. The van der Waals surface area contributed by atoms with Crippen LogP contribution in [0.5, 0.6) is 0 Å². The van der Waals surface area contributed by atoms with E-state index in [0.717, 1.165) is 0 Å². The average Bonchev–Trinajstić information content (AvgIpc) is 2.75. The smallest absolute Gasteiger partial charge is 0.491 e. The fourth-order valence-corrected chi connectivity index (χ4v) is 1.73. The Morgan fingerprint density at radius 3 is 3.16 bits per heavy atom. The summed E-state index contributed by atoms with van der Waals surface area (Å²) in [6, 6.07) is 0. The molecular formula is C13H18BNO4. The summed E-state index contributed by atoms with van der Waals surface area (Å²) in [4.78, 5) is 0. The molecule has 1 unspecified atom stereocenters. The number of nitrogens with one attached hydrogen (secondary N) is 1. The molecule has 1 atom stereocenters. The minimum Gasteiger partial charge on any atom is -0.493 e. The summed E-state index contributed by atoms with van der Waals surface area (Å²) in [7, 11) is -1.03. The third kappa shape index (κ3) is 4.93. The third-order valence-corrected chi connectivity index (χ3v) is 2.59. The van der Waals surface area contributed by atoms with Gasteiger partial charge in [-0.25, -0.2) is 5.48 Å². The van der Waals surface area contributed by atoms with Gasteiger partial charge in [0.15, 0.2) is 0 Å². The first kappa shape index (κ1) is 15.5. The topological polar surface area (TPSA) is 71.0 Å². The highest BCUT2D eigenvalue weighted by Gasteiger charge is 2.36. The van der Waals surface area contributed by atoms with Crippen LogP contribution in [0.2, 0.25) is 0 Å². The molecule has 6 heteroatoms. The monoisotopic (exact) mass is 263 g/mol. The molecule has 0 aromatic heterocycles. The Balaban J connectivity index is 2.80. The zero-order chi connectivity index (χ0) is 14.1. The Morgan fingerprint density at radius 1 is 1.74 bits per heavy atom. The van der Waals surface area contributed by atoms with Crippen LogP contribution >= 0.6 is 0 Å². The molecule has 5 nitrogen and oxygen atoms in total. The first-order valence-electron chi connectivity index (χ1n) is 6.01. The molecule has 1 fully saturated rings. The molecule has 0 saturated carbocycles. The van der Waals surface area contributed by atoms with Gasteiger partial charge in [-0.3, -0.25) is 0 Å². The summed E-state index contributed by atoms with van der Waals surface area (Å²) in [6.45, 7) is 4.19. The number of hydrogen-bond donors (Lipinski definition) is 3. The van der Waals surface area contributed by atoms with Crippen molar-refractivity contribution in [2.45, 2.75) is 18.9 Å². The van der Waals surface area contributed by atoms with Gasteiger partial charge in [0.05, 0.1) is 12.7 Å². The lowest BCUT2D eigenvalue weighted by Crippen LogP contribution is -2.25. The Morgan fingerprint density at radius 2 is 2.53 bits per heavy atom. The van der Waals surface area contributed by atoms with Crippen molar-refractivity contribution in [2.24, 2.45) is 0 Å². The zero-order valence-corrected chi connectivity index (χ0v) is 10.7. The predicted octanol–water partition coefficient (Wildman–Crippen LogP) is 0.810. The van der Waals surface area contributed by atoms with Crippen LogP contribution in [-0.4, -0.2) is 36.6 Å². The minimum atomic E-state index is -1.03. The summed E-state index contributed by atoms with van der Waals surface area (Å²) < 4.78 is 10.8. The Kier molecular flexibility index (Phi) is 7.00. The van der Waals surface area contributed by atoms with Gasteiger partial charge < -0.3 is 19.6 Å². The van der Waals surface area contributed by atoms with Gasteiger partial charge in [0.2, 0.25) is 0 Å². The van der Waals surface area contributed by atoms with Crippen LogP contribution in [0.4, 0.5) is 0 Å². The molecule has 3 N–H and O–H groups in total. The highest BCUT2D eigenvalue weighted by molar-refractivity contribution is 6.53. The van der Waals surface area contributed by atoms with E-state index >= 15 is 0 Å². The Labute approximate surface area is 113 Å². The highest BCUT2D eigenvalue weighted by atomic mass is 16.5. The number of hydroxylamine groups is 1. The fourth-order valence-electron chi connectivity index (χ4n) is 1.73. The van der Waals surface area contributed by atoms with E-state index in [1.54, 1.807) is 18.2 Å². The largest absolute Gasteiger partial charge is 0.493 e. The molecular weight excluding hydrogens is 245 g/mol. The van der Waals surface area contributed by atoms with Crippen molar-refractivity contribution in [1.29, 1.82) is 0 Å². The van der Waals surface area contributed by atoms with E-state index in [2.05, 4.69) is 12.5 Å². The zero-order valence-electron chi connectivity index (χ0n) is 10.7. The summed E-state index contributed by atoms with van der Waals surface area (Å²) in [5.74, 6) is 3.01. The SMILES string of the molecule is C#CCCOC(/C=C\C=C)=C1/CC(CNO)OB1O. The molecule has 0 radical (unpaired) electrons. The molecule has 102 valence electrons. The fraction of sp³-hybridized carbons (Fsp3) is 0.385. The molecule has 0 aromatic rings. The van der Waals surface area contributed by atoms with E-state index in [4.69, 9.17) is 21.0 Å². The molecule has 1 saturated heterocycles. The number of ether oxygens (including phenoxy) is 1. The molecule has 19 heavy (non-hydrogen) atoms. The van der Waals surface area contributed by atoms with Crippen molar-refractivity contribution in [3.8, 4) is 12.3 Å². The first-order valence-corrected chi connectivity index (χ1v) is 6.01. The van der Waals surface area contributed by atoms with Gasteiger partial charge in [-0.2, -0.15) is 0 Å². The van der Waals surface area contributed by atoms with Crippen LogP contribution in [0.3, 0.4) is 0 Å². The third-order valence-electron chi connectivity index (χ3n) is 2.59. The van der Waals surface area contributed by atoms with Crippen molar-refractivity contribution in [2.75, 3.05) is 13.2 Å². The van der Waals surface area contributed by atoms with Gasteiger partial charge >= 0.3 is 7.12 Å². The van der Waals surface area contributed by atoms with Crippen molar-refractivity contribution < 1.29 is 19.6 Å². The van der Waals surface area contributed by atoms with Gasteiger partial charge in [-0.05, 0) is 12.5 Å². The van der Waals surface area contributed by atoms with Crippen LogP contribution < -0.4 is 5.48 Å². The van der Waals surface area contributed by atoms with E-state index < -0.39 is 7.12 Å². The van der Waals surface area contributed by atoms with E-state index in [1.165, 1.54) is 0 Å². The van der Waals surface area contributed by atoms with Gasteiger partial charge in [0.25, 0.3) is 0 Å². The normalized spacial score (nSPS) is 21.5. The van der Waals surface area contributed by atoms with E-state index in [-0.39, 0.29) is 12.6 Å². The lowest BCUT2D eigenvalue weighted by atomic mass is 9.78. The second-order valence-corrected chi connectivity index (χ2v) is 3.96. The standard InChI is InChI=1S/C13H18BNO4/c1-3-5-7-13(18-8-6-4-2)12-9-11(10-15-17)19-14(12)16/h2-3,5,7,11,15-17H,1,6,8-10H2/b7-5-,13-12-. The quantitative estimate of drug-likeness (QED) is 0.158. The first-order chi connectivity index (χ1) is 9.22. The van der Waals surface area contributed by atoms with E-state index in [0.29, 0.717) is 30.7 Å². The van der Waals surface area contributed by atoms with Crippen LogP contribution in [0, 0.1) is 12.3 Å². The number of terminal acetylenes is 1. The molecule has 1 heterocycles. The van der Waals surface area contributed by atoms with Crippen molar-refractivity contribution in [1.82, 2.24) is 5.48 Å². The van der Waals surface area contributed by atoms with Gasteiger partial charge in [-0.15, -0.1) is 12.3 Å². The summed E-state index contributed by atoms with van der Waals surface area (Å²) in [5.41, 5.74) is 2.66. The average molecular weight is 263 g/mol.